The number of halogens is 1. The number of benzene rings is 4. The largest absolute Gasteiger partial charge is 0.352 e. The van der Waals surface area contributed by atoms with Gasteiger partial charge in [0.15, 0.2) is 11.6 Å². The van der Waals surface area contributed by atoms with Crippen molar-refractivity contribution in [3.8, 4) is 0 Å². The minimum atomic E-state index is -1.35. The second-order valence-corrected chi connectivity index (χ2v) is 11.0. The van der Waals surface area contributed by atoms with E-state index in [9.17, 15) is 14.4 Å². The van der Waals surface area contributed by atoms with Crippen LogP contribution in [0, 0.1) is 5.92 Å². The number of ketones is 2. The number of fused-ring (bicyclic) bond motifs is 6. The minimum absolute atomic E-state index is 0.254. The standard InChI is InChI=1S/C34H25ClN2O3/c1-20-19-28-34(24-15-7-9-17-26(24)36-33(34)40)29(31(38)21-11-3-2-4-12-21)30(32(39)23-14-5-8-16-25(23)35)37(28)27-18-10-6-13-22(20)27/h2-19,28-30H,1H3,(H,36,40)/t28-,29+,30-,34+/m0/s1. The third-order valence-corrected chi connectivity index (χ3v) is 8.96. The van der Waals surface area contributed by atoms with Gasteiger partial charge in [0, 0.05) is 28.1 Å². The second kappa shape index (κ2) is 9.04. The van der Waals surface area contributed by atoms with Gasteiger partial charge in [0.05, 0.1) is 17.0 Å². The van der Waals surface area contributed by atoms with Crippen LogP contribution in [0.4, 0.5) is 11.4 Å². The van der Waals surface area contributed by atoms with E-state index in [0.29, 0.717) is 21.8 Å². The number of nitrogens with zero attached hydrogens (tertiary/aromatic N) is 1. The van der Waals surface area contributed by atoms with E-state index in [4.69, 9.17) is 11.6 Å². The molecule has 1 spiro atoms. The molecule has 1 N–H and O–H groups in total. The zero-order valence-corrected chi connectivity index (χ0v) is 22.4. The summed E-state index contributed by atoms with van der Waals surface area (Å²) in [6, 6.07) is 29.6. The number of Topliss-reactive ketones (excluding diaryl/α,β-unsaturated/α-hetero) is 2. The van der Waals surface area contributed by atoms with Gasteiger partial charge in [-0.3, -0.25) is 14.4 Å². The lowest BCUT2D eigenvalue weighted by Gasteiger charge is -2.39. The highest BCUT2D eigenvalue weighted by molar-refractivity contribution is 6.34. The predicted molar refractivity (Wildman–Crippen MR) is 157 cm³/mol. The highest BCUT2D eigenvalue weighted by atomic mass is 35.5. The molecule has 7 rings (SSSR count). The lowest BCUT2D eigenvalue weighted by atomic mass is 9.64. The lowest BCUT2D eigenvalue weighted by Crippen LogP contribution is -2.51. The Balaban J connectivity index is 1.57. The quantitative estimate of drug-likeness (QED) is 0.294. The molecule has 4 atom stereocenters. The summed E-state index contributed by atoms with van der Waals surface area (Å²) < 4.78 is 0. The van der Waals surface area contributed by atoms with E-state index in [-0.39, 0.29) is 17.5 Å². The molecule has 0 saturated carbocycles. The number of rotatable bonds is 4. The van der Waals surface area contributed by atoms with Crippen LogP contribution in [0.15, 0.2) is 109 Å². The van der Waals surface area contributed by atoms with Crippen LogP contribution in [-0.2, 0) is 10.2 Å². The Morgan fingerprint density at radius 2 is 1.50 bits per heavy atom. The van der Waals surface area contributed by atoms with Gasteiger partial charge < -0.3 is 10.2 Å². The zero-order chi connectivity index (χ0) is 27.6. The van der Waals surface area contributed by atoms with Crippen LogP contribution in [0.2, 0.25) is 5.02 Å². The summed E-state index contributed by atoms with van der Waals surface area (Å²) in [5, 5.41) is 3.37. The molecule has 1 saturated heterocycles. The Morgan fingerprint density at radius 1 is 0.825 bits per heavy atom. The first-order chi connectivity index (χ1) is 19.4. The fraction of sp³-hybridized carbons (Fsp3) is 0.147. The first-order valence-corrected chi connectivity index (χ1v) is 13.7. The second-order valence-electron chi connectivity index (χ2n) is 10.6. The lowest BCUT2D eigenvalue weighted by molar-refractivity contribution is -0.121. The van der Waals surface area contributed by atoms with Crippen molar-refractivity contribution in [3.05, 3.63) is 136 Å². The molecule has 1 fully saturated rings. The Bertz CT molecular complexity index is 1750. The van der Waals surface area contributed by atoms with Crippen molar-refractivity contribution in [3.63, 3.8) is 0 Å². The van der Waals surface area contributed by atoms with Crippen molar-refractivity contribution in [2.75, 3.05) is 10.2 Å². The van der Waals surface area contributed by atoms with Gasteiger partial charge in [-0.25, -0.2) is 0 Å². The maximum Gasteiger partial charge on any atom is 0.238 e. The highest BCUT2D eigenvalue weighted by Crippen LogP contribution is 2.58. The Morgan fingerprint density at radius 3 is 2.30 bits per heavy atom. The number of carbonyl (C=O) groups is 3. The molecule has 0 unspecified atom stereocenters. The van der Waals surface area contributed by atoms with Gasteiger partial charge in [-0.05, 0) is 42.3 Å². The number of hydrogen-bond donors (Lipinski definition) is 1. The number of nitrogens with one attached hydrogen (secondary N) is 1. The molecule has 0 bridgehead atoms. The molecule has 3 aliphatic rings. The van der Waals surface area contributed by atoms with Gasteiger partial charge in [0.1, 0.15) is 11.5 Å². The Hall–Kier alpha value is -4.48. The molecule has 0 radical (unpaired) electrons. The van der Waals surface area contributed by atoms with Gasteiger partial charge in [-0.15, -0.1) is 0 Å². The molecule has 6 heteroatoms. The first kappa shape index (κ1) is 24.6. The van der Waals surface area contributed by atoms with Gasteiger partial charge in [0.2, 0.25) is 5.91 Å². The number of hydrogen-bond acceptors (Lipinski definition) is 4. The summed E-state index contributed by atoms with van der Waals surface area (Å²) >= 11 is 6.59. The van der Waals surface area contributed by atoms with Crippen molar-refractivity contribution < 1.29 is 14.4 Å². The van der Waals surface area contributed by atoms with Gasteiger partial charge in [-0.2, -0.15) is 0 Å². The molecular formula is C34H25ClN2O3. The smallest absolute Gasteiger partial charge is 0.238 e. The molecule has 40 heavy (non-hydrogen) atoms. The molecule has 196 valence electrons. The molecular weight excluding hydrogens is 520 g/mol. The summed E-state index contributed by atoms with van der Waals surface area (Å²) in [4.78, 5) is 45.8. The average molecular weight is 545 g/mol. The average Bonchev–Trinajstić information content (AvgIpc) is 3.45. The molecule has 4 aromatic rings. The van der Waals surface area contributed by atoms with Crippen LogP contribution in [0.5, 0.6) is 0 Å². The Kier molecular flexibility index (Phi) is 5.55. The molecule has 5 nitrogen and oxygen atoms in total. The monoisotopic (exact) mass is 544 g/mol. The van der Waals surface area contributed by atoms with Crippen LogP contribution in [0.1, 0.15) is 38.8 Å². The van der Waals surface area contributed by atoms with E-state index < -0.39 is 23.4 Å². The van der Waals surface area contributed by atoms with Crippen LogP contribution in [0.3, 0.4) is 0 Å². The van der Waals surface area contributed by atoms with E-state index in [2.05, 4.69) is 11.4 Å². The summed E-state index contributed by atoms with van der Waals surface area (Å²) in [7, 11) is 0. The van der Waals surface area contributed by atoms with Gasteiger partial charge in [-0.1, -0.05) is 96.5 Å². The van der Waals surface area contributed by atoms with Crippen molar-refractivity contribution in [1.82, 2.24) is 0 Å². The number of para-hydroxylation sites is 2. The molecule has 1 amide bonds. The fourth-order valence-corrected chi connectivity index (χ4v) is 7.22. The molecule has 3 heterocycles. The number of allylic oxidation sites excluding steroid dienone is 1. The van der Waals surface area contributed by atoms with Gasteiger partial charge in [0.25, 0.3) is 0 Å². The summed E-state index contributed by atoms with van der Waals surface area (Å²) in [6.45, 7) is 2.01. The van der Waals surface area contributed by atoms with E-state index >= 15 is 0 Å². The zero-order valence-electron chi connectivity index (χ0n) is 21.7. The van der Waals surface area contributed by atoms with E-state index in [1.54, 1.807) is 48.5 Å². The SMILES string of the molecule is CC1=C[C@@H]2N(c3ccccc31)[C@H](C(=O)c1ccccc1Cl)[C@H](C(=O)c1ccccc1)[C@]21C(=O)Nc2ccccc21. The van der Waals surface area contributed by atoms with E-state index in [1.165, 1.54) is 0 Å². The van der Waals surface area contributed by atoms with Crippen molar-refractivity contribution in [2.45, 2.75) is 24.4 Å². The Labute approximate surface area is 237 Å². The molecule has 0 aliphatic carbocycles. The molecule has 0 aromatic heterocycles. The predicted octanol–water partition coefficient (Wildman–Crippen LogP) is 6.59. The summed E-state index contributed by atoms with van der Waals surface area (Å²) in [6.07, 6.45) is 2.05. The van der Waals surface area contributed by atoms with E-state index in [0.717, 1.165) is 22.4 Å². The highest BCUT2D eigenvalue weighted by Gasteiger charge is 2.70. The van der Waals surface area contributed by atoms with Crippen LogP contribution < -0.4 is 10.2 Å². The maximum atomic E-state index is 14.7. The number of amides is 1. The molecule has 4 aromatic carbocycles. The van der Waals surface area contributed by atoms with Crippen LogP contribution in [0.25, 0.3) is 5.57 Å². The topological polar surface area (TPSA) is 66.5 Å². The molecule has 3 aliphatic heterocycles. The third-order valence-electron chi connectivity index (χ3n) is 8.63. The van der Waals surface area contributed by atoms with E-state index in [1.807, 2.05) is 66.4 Å². The van der Waals surface area contributed by atoms with Crippen molar-refractivity contribution in [2.24, 2.45) is 5.92 Å². The van der Waals surface area contributed by atoms with Crippen LogP contribution in [-0.4, -0.2) is 29.6 Å². The maximum absolute atomic E-state index is 14.7. The minimum Gasteiger partial charge on any atom is -0.352 e. The summed E-state index contributed by atoms with van der Waals surface area (Å²) in [5.41, 5.74) is 3.59. The normalized spacial score (nSPS) is 24.1. The number of carbonyl (C=O) groups excluding carboxylic acids is 3. The fourth-order valence-electron chi connectivity index (χ4n) is 6.99. The summed E-state index contributed by atoms with van der Waals surface area (Å²) in [5.74, 6) is -1.85. The third kappa shape index (κ3) is 3.24. The first-order valence-electron chi connectivity index (χ1n) is 13.3. The van der Waals surface area contributed by atoms with Gasteiger partial charge >= 0.3 is 0 Å². The number of anilines is 2. The van der Waals surface area contributed by atoms with Crippen LogP contribution >= 0.6 is 11.6 Å². The van der Waals surface area contributed by atoms with Crippen molar-refractivity contribution in [1.29, 1.82) is 0 Å². The van der Waals surface area contributed by atoms with Crippen molar-refractivity contribution >= 4 is 46.0 Å².